The first-order chi connectivity index (χ1) is 10.3. The summed E-state index contributed by atoms with van der Waals surface area (Å²) < 4.78 is 0. The highest BCUT2D eigenvalue weighted by Gasteiger charge is 2.18. The summed E-state index contributed by atoms with van der Waals surface area (Å²) in [6.45, 7) is 2.34. The van der Waals surface area contributed by atoms with Crippen molar-refractivity contribution in [3.05, 3.63) is 34.5 Å². The van der Waals surface area contributed by atoms with Crippen molar-refractivity contribution in [3.63, 3.8) is 0 Å². The van der Waals surface area contributed by atoms with Crippen LogP contribution in [0.5, 0.6) is 0 Å². The largest absolute Gasteiger partial charge is 0.372 e. The lowest BCUT2D eigenvalue weighted by molar-refractivity contribution is 0.709. The number of nitrogens with zero attached hydrogens (tertiary/aromatic N) is 2. The van der Waals surface area contributed by atoms with Crippen LogP contribution in [0.1, 0.15) is 43.4 Å². The van der Waals surface area contributed by atoms with Crippen LogP contribution >= 0.6 is 11.6 Å². The average Bonchev–Trinajstić information content (AvgIpc) is 2.93. The highest BCUT2D eigenvalue weighted by atomic mass is 35.5. The van der Waals surface area contributed by atoms with Crippen molar-refractivity contribution in [2.24, 2.45) is 0 Å². The lowest BCUT2D eigenvalue weighted by atomic mass is 10.0. The molecule has 0 atom stereocenters. The molecule has 0 radical (unpaired) electrons. The van der Waals surface area contributed by atoms with Crippen LogP contribution in [-0.2, 0) is 12.8 Å². The van der Waals surface area contributed by atoms with Crippen molar-refractivity contribution in [1.82, 2.24) is 4.98 Å². The van der Waals surface area contributed by atoms with Gasteiger partial charge in [-0.15, -0.1) is 0 Å². The SMILES string of the molecule is Clc1c2c(nc3ccc(N4CCCC4)cc13)CCCCC2. The lowest BCUT2D eigenvalue weighted by Gasteiger charge is -2.19. The van der Waals surface area contributed by atoms with Crippen molar-refractivity contribution in [2.45, 2.75) is 44.9 Å². The van der Waals surface area contributed by atoms with E-state index in [4.69, 9.17) is 16.6 Å². The molecule has 3 heteroatoms. The van der Waals surface area contributed by atoms with Gasteiger partial charge < -0.3 is 4.90 Å². The van der Waals surface area contributed by atoms with Gasteiger partial charge >= 0.3 is 0 Å². The molecular formula is C18H21ClN2. The maximum absolute atomic E-state index is 6.75. The van der Waals surface area contributed by atoms with E-state index in [0.29, 0.717) is 0 Å². The van der Waals surface area contributed by atoms with Crippen molar-refractivity contribution < 1.29 is 0 Å². The highest BCUT2D eigenvalue weighted by molar-refractivity contribution is 6.36. The lowest BCUT2D eigenvalue weighted by Crippen LogP contribution is -2.17. The zero-order valence-electron chi connectivity index (χ0n) is 12.4. The van der Waals surface area contributed by atoms with E-state index in [1.54, 1.807) is 0 Å². The van der Waals surface area contributed by atoms with Gasteiger partial charge in [-0.1, -0.05) is 18.0 Å². The highest BCUT2D eigenvalue weighted by Crippen LogP contribution is 2.34. The number of halogens is 1. The molecule has 0 N–H and O–H groups in total. The summed E-state index contributed by atoms with van der Waals surface area (Å²) in [5.74, 6) is 0. The summed E-state index contributed by atoms with van der Waals surface area (Å²) in [4.78, 5) is 7.36. The Morgan fingerprint density at radius 3 is 2.62 bits per heavy atom. The van der Waals surface area contributed by atoms with E-state index >= 15 is 0 Å². The number of anilines is 1. The van der Waals surface area contributed by atoms with Crippen LogP contribution in [0.3, 0.4) is 0 Å². The molecule has 110 valence electrons. The Morgan fingerprint density at radius 1 is 0.952 bits per heavy atom. The maximum atomic E-state index is 6.75. The van der Waals surface area contributed by atoms with Crippen LogP contribution in [0.25, 0.3) is 10.9 Å². The fraction of sp³-hybridized carbons (Fsp3) is 0.500. The minimum Gasteiger partial charge on any atom is -0.372 e. The van der Waals surface area contributed by atoms with Gasteiger partial charge in [0.25, 0.3) is 0 Å². The monoisotopic (exact) mass is 300 g/mol. The van der Waals surface area contributed by atoms with Crippen LogP contribution in [-0.4, -0.2) is 18.1 Å². The molecule has 0 unspecified atom stereocenters. The second-order valence-electron chi connectivity index (χ2n) is 6.31. The number of rotatable bonds is 1. The van der Waals surface area contributed by atoms with E-state index in [9.17, 15) is 0 Å². The Kier molecular flexibility index (Phi) is 3.50. The molecule has 2 aromatic rings. The third-order valence-electron chi connectivity index (χ3n) is 4.90. The smallest absolute Gasteiger partial charge is 0.0722 e. The first kappa shape index (κ1) is 13.4. The first-order valence-corrected chi connectivity index (χ1v) is 8.57. The van der Waals surface area contributed by atoms with Gasteiger partial charge in [0.2, 0.25) is 0 Å². The van der Waals surface area contributed by atoms with Crippen molar-refractivity contribution in [1.29, 1.82) is 0 Å². The third kappa shape index (κ3) is 2.40. The Balaban J connectivity index is 1.84. The topological polar surface area (TPSA) is 16.1 Å². The van der Waals surface area contributed by atoms with Gasteiger partial charge in [-0.05, 0) is 62.3 Å². The average molecular weight is 301 g/mol. The molecule has 4 rings (SSSR count). The molecule has 2 nitrogen and oxygen atoms in total. The predicted molar refractivity (Wildman–Crippen MR) is 89.5 cm³/mol. The molecule has 1 aromatic carbocycles. The number of benzene rings is 1. The first-order valence-electron chi connectivity index (χ1n) is 8.19. The molecule has 21 heavy (non-hydrogen) atoms. The van der Waals surface area contributed by atoms with Crippen LogP contribution in [0.2, 0.25) is 5.02 Å². The molecule has 2 heterocycles. The molecule has 1 fully saturated rings. The molecule has 0 spiro atoms. The molecule has 1 saturated heterocycles. The molecule has 0 amide bonds. The fourth-order valence-electron chi connectivity index (χ4n) is 3.70. The van der Waals surface area contributed by atoms with Gasteiger partial charge in [0.05, 0.1) is 10.5 Å². The van der Waals surface area contributed by atoms with E-state index in [2.05, 4.69) is 23.1 Å². The minimum absolute atomic E-state index is 0.956. The van der Waals surface area contributed by atoms with Crippen LogP contribution < -0.4 is 4.90 Å². The molecule has 0 bridgehead atoms. The molecule has 1 aliphatic heterocycles. The van der Waals surface area contributed by atoms with Gasteiger partial charge in [-0.2, -0.15) is 0 Å². The third-order valence-corrected chi connectivity index (χ3v) is 5.33. The Morgan fingerprint density at radius 2 is 1.76 bits per heavy atom. The number of hydrogen-bond acceptors (Lipinski definition) is 2. The van der Waals surface area contributed by atoms with E-state index in [1.165, 1.54) is 62.1 Å². The number of aryl methyl sites for hydroxylation is 1. The minimum atomic E-state index is 0.956. The Bertz CT molecular complexity index is 674. The second-order valence-corrected chi connectivity index (χ2v) is 6.69. The van der Waals surface area contributed by atoms with Crippen molar-refractivity contribution >= 4 is 28.2 Å². The van der Waals surface area contributed by atoms with E-state index < -0.39 is 0 Å². The number of fused-ring (bicyclic) bond motifs is 2. The van der Waals surface area contributed by atoms with E-state index in [0.717, 1.165) is 28.8 Å². The zero-order chi connectivity index (χ0) is 14.2. The summed E-state index contributed by atoms with van der Waals surface area (Å²) in [5, 5.41) is 2.10. The van der Waals surface area contributed by atoms with Crippen LogP contribution in [0, 0.1) is 0 Å². The molecular weight excluding hydrogens is 280 g/mol. The zero-order valence-corrected chi connectivity index (χ0v) is 13.1. The van der Waals surface area contributed by atoms with Crippen molar-refractivity contribution in [2.75, 3.05) is 18.0 Å². The van der Waals surface area contributed by atoms with Gasteiger partial charge in [0.15, 0.2) is 0 Å². The van der Waals surface area contributed by atoms with Gasteiger partial charge in [-0.3, -0.25) is 4.98 Å². The van der Waals surface area contributed by atoms with E-state index in [-0.39, 0.29) is 0 Å². The summed E-state index contributed by atoms with van der Waals surface area (Å²) in [6, 6.07) is 6.61. The predicted octanol–water partition coefficient (Wildman–Crippen LogP) is 4.76. The summed E-state index contributed by atoms with van der Waals surface area (Å²) in [7, 11) is 0. The maximum Gasteiger partial charge on any atom is 0.0722 e. The Hall–Kier alpha value is -1.28. The second kappa shape index (κ2) is 5.49. The summed E-state index contributed by atoms with van der Waals surface area (Å²) in [5.41, 5.74) is 4.90. The fourth-order valence-corrected chi connectivity index (χ4v) is 4.06. The summed E-state index contributed by atoms with van der Waals surface area (Å²) >= 11 is 6.75. The van der Waals surface area contributed by atoms with E-state index in [1.807, 2.05) is 0 Å². The number of pyridine rings is 1. The standard InChI is InChI=1S/C18H21ClN2/c19-18-14-6-2-1-3-7-16(14)20-17-9-8-13(12-15(17)18)21-10-4-5-11-21/h8-9,12H,1-7,10-11H2. The molecule has 1 aliphatic carbocycles. The van der Waals surface area contributed by atoms with Crippen LogP contribution in [0.15, 0.2) is 18.2 Å². The molecule has 2 aliphatic rings. The quantitative estimate of drug-likeness (QED) is 0.706. The normalized spacial score (nSPS) is 18.8. The number of hydrogen-bond donors (Lipinski definition) is 0. The van der Waals surface area contributed by atoms with Gasteiger partial charge in [-0.25, -0.2) is 0 Å². The molecule has 1 aromatic heterocycles. The van der Waals surface area contributed by atoms with Gasteiger partial charge in [0, 0.05) is 29.9 Å². The van der Waals surface area contributed by atoms with Crippen LogP contribution in [0.4, 0.5) is 5.69 Å². The van der Waals surface area contributed by atoms with Gasteiger partial charge in [0.1, 0.15) is 0 Å². The number of aromatic nitrogens is 1. The Labute approximate surface area is 131 Å². The molecule has 0 saturated carbocycles. The summed E-state index contributed by atoms with van der Waals surface area (Å²) in [6.07, 6.45) is 8.55. The van der Waals surface area contributed by atoms with Crippen molar-refractivity contribution in [3.8, 4) is 0 Å².